The van der Waals surface area contributed by atoms with Gasteiger partial charge in [-0.05, 0) is 86.6 Å². The summed E-state index contributed by atoms with van der Waals surface area (Å²) in [6.45, 7) is 26.7. The molecule has 5 nitrogen and oxygen atoms in total. The molecule has 0 unspecified atom stereocenters. The zero-order valence-corrected chi connectivity index (χ0v) is 37.2. The largest absolute Gasteiger partial charge is 0.505 e. The summed E-state index contributed by atoms with van der Waals surface area (Å²) in [4.78, 5) is 12.6. The molecule has 0 saturated heterocycles. The third kappa shape index (κ3) is 7.68. The Kier molecular flexibility index (Phi) is 10.7. The van der Waals surface area contributed by atoms with E-state index >= 15 is 0 Å². The van der Waals surface area contributed by atoms with Crippen LogP contribution in [0.15, 0.2) is 109 Å². The van der Waals surface area contributed by atoms with E-state index in [4.69, 9.17) is 9.97 Å². The van der Waals surface area contributed by atoms with Crippen LogP contribution in [0.1, 0.15) is 105 Å². The molecule has 56 heavy (non-hydrogen) atoms. The Morgan fingerprint density at radius 2 is 1.27 bits per heavy atom. The van der Waals surface area contributed by atoms with Crippen molar-refractivity contribution in [2.24, 2.45) is 0 Å². The molecule has 0 aliphatic rings. The van der Waals surface area contributed by atoms with E-state index in [0.29, 0.717) is 0 Å². The standard InChI is InChI=1S/C50H55N4O.Pt/c1-47(2,3)33-24-25-41-37(28-33)38-31-39(49(7,8)9)44(52-46(38)54(41)42-30-34(48(4,5)6)29-40(45(42)55)50(10,11)12)32-19-18-22-36(27-32)53(35-20-14-13-15-21-35)43-23-16-17-26-51-43;/h13-26,28-31,55H,1-12H3;/q-1;. The van der Waals surface area contributed by atoms with Crippen LogP contribution in [0.2, 0.25) is 0 Å². The SMILES string of the molecule is CC(C)(C)c1cc(-n2c3ccc(C(C)(C)C)cc3c3cc(C(C)(C)C)c(-c4[c-]c(N(c5ccccc5)c5ccccn5)ccc4)nc32)c(O)c(C(C)(C)C)c1.[Pt]. The molecule has 0 radical (unpaired) electrons. The fraction of sp³-hybridized carbons (Fsp3) is 0.320. The van der Waals surface area contributed by atoms with Crippen molar-refractivity contribution < 1.29 is 26.2 Å². The Labute approximate surface area is 348 Å². The number of pyridine rings is 2. The number of hydrogen-bond donors (Lipinski definition) is 1. The van der Waals surface area contributed by atoms with Crippen LogP contribution in [-0.4, -0.2) is 19.6 Å². The first-order valence-electron chi connectivity index (χ1n) is 19.4. The molecule has 1 N–H and O–H groups in total. The molecule has 0 aliphatic carbocycles. The molecular formula is C50H55N4OPt-. The number of phenolic OH excluding ortho intramolecular Hbond substituents is 1. The molecule has 0 bridgehead atoms. The minimum atomic E-state index is -0.288. The molecule has 3 heterocycles. The second-order valence-corrected chi connectivity index (χ2v) is 19.0. The van der Waals surface area contributed by atoms with E-state index in [2.05, 4.69) is 165 Å². The number of nitrogens with zero attached hydrogens (tertiary/aromatic N) is 4. The zero-order chi connectivity index (χ0) is 39.7. The number of benzene rings is 4. The first-order chi connectivity index (χ1) is 25.7. The van der Waals surface area contributed by atoms with Gasteiger partial charge in [-0.3, -0.25) is 9.55 Å². The van der Waals surface area contributed by atoms with Gasteiger partial charge in [0.25, 0.3) is 0 Å². The van der Waals surface area contributed by atoms with Crippen LogP contribution in [0.4, 0.5) is 17.2 Å². The fourth-order valence-corrected chi connectivity index (χ4v) is 7.40. The van der Waals surface area contributed by atoms with Crippen LogP contribution in [-0.2, 0) is 42.7 Å². The Hall–Kier alpha value is -4.73. The maximum absolute atomic E-state index is 12.3. The monoisotopic (exact) mass is 922 g/mol. The summed E-state index contributed by atoms with van der Waals surface area (Å²) in [6, 6.07) is 39.8. The Balaban J connectivity index is 0.00000532. The van der Waals surface area contributed by atoms with Gasteiger partial charge in [0.2, 0.25) is 0 Å². The molecule has 0 atom stereocenters. The summed E-state index contributed by atoms with van der Waals surface area (Å²) in [6.07, 6.45) is 1.82. The average Bonchev–Trinajstić information content (AvgIpc) is 3.43. The van der Waals surface area contributed by atoms with Gasteiger partial charge >= 0.3 is 0 Å². The number of para-hydroxylation sites is 1. The normalized spacial score (nSPS) is 12.6. The van der Waals surface area contributed by atoms with Crippen LogP contribution in [0, 0.1) is 6.07 Å². The van der Waals surface area contributed by atoms with Gasteiger partial charge in [-0.1, -0.05) is 131 Å². The number of fused-ring (bicyclic) bond motifs is 3. The van der Waals surface area contributed by atoms with Gasteiger partial charge in [0.05, 0.1) is 11.2 Å². The Bertz CT molecular complexity index is 2490. The molecule has 0 fully saturated rings. The molecule has 7 rings (SSSR count). The van der Waals surface area contributed by atoms with Crippen molar-refractivity contribution in [3.05, 3.63) is 138 Å². The maximum atomic E-state index is 12.3. The summed E-state index contributed by atoms with van der Waals surface area (Å²) in [5.41, 5.74) is 9.88. The van der Waals surface area contributed by atoms with Crippen molar-refractivity contribution in [2.75, 3.05) is 4.90 Å². The first kappa shape index (κ1) is 40.9. The van der Waals surface area contributed by atoms with Crippen LogP contribution < -0.4 is 4.90 Å². The van der Waals surface area contributed by atoms with Gasteiger partial charge in [-0.15, -0.1) is 29.8 Å². The predicted octanol–water partition coefficient (Wildman–Crippen LogP) is 13.4. The van der Waals surface area contributed by atoms with Crippen LogP contribution >= 0.6 is 0 Å². The second-order valence-electron chi connectivity index (χ2n) is 19.0. The van der Waals surface area contributed by atoms with Crippen LogP contribution in [0.5, 0.6) is 5.75 Å². The van der Waals surface area contributed by atoms with E-state index in [1.54, 1.807) is 0 Å². The Morgan fingerprint density at radius 3 is 1.88 bits per heavy atom. The molecule has 0 spiro atoms. The van der Waals surface area contributed by atoms with Crippen molar-refractivity contribution >= 4 is 39.1 Å². The summed E-state index contributed by atoms with van der Waals surface area (Å²) < 4.78 is 2.20. The number of aromatic hydroxyl groups is 1. The minimum Gasteiger partial charge on any atom is -0.505 e. The zero-order valence-electron chi connectivity index (χ0n) is 34.9. The number of aromatic nitrogens is 3. The van der Waals surface area contributed by atoms with Gasteiger partial charge in [-0.25, -0.2) is 4.98 Å². The summed E-state index contributed by atoms with van der Waals surface area (Å²) >= 11 is 0. The number of anilines is 3. The topological polar surface area (TPSA) is 54.2 Å². The third-order valence-corrected chi connectivity index (χ3v) is 10.6. The molecule has 292 valence electrons. The average molecular weight is 923 g/mol. The summed E-state index contributed by atoms with van der Waals surface area (Å²) in [7, 11) is 0. The van der Waals surface area contributed by atoms with Crippen molar-refractivity contribution in [1.82, 2.24) is 14.5 Å². The van der Waals surface area contributed by atoms with E-state index in [9.17, 15) is 5.11 Å². The predicted molar refractivity (Wildman–Crippen MR) is 232 cm³/mol. The Morgan fingerprint density at radius 1 is 0.607 bits per heavy atom. The molecule has 3 aromatic heterocycles. The molecule has 7 aromatic rings. The first-order valence-corrected chi connectivity index (χ1v) is 19.4. The number of hydrogen-bond acceptors (Lipinski definition) is 4. The molecule has 0 saturated carbocycles. The van der Waals surface area contributed by atoms with Crippen molar-refractivity contribution in [1.29, 1.82) is 0 Å². The molecular weight excluding hydrogens is 868 g/mol. The van der Waals surface area contributed by atoms with Gasteiger partial charge < -0.3 is 10.0 Å². The summed E-state index contributed by atoms with van der Waals surface area (Å²) in [5.74, 6) is 1.09. The molecule has 0 aliphatic heterocycles. The number of phenols is 1. The molecule has 0 amide bonds. The van der Waals surface area contributed by atoms with Crippen LogP contribution in [0.25, 0.3) is 38.9 Å². The van der Waals surface area contributed by atoms with E-state index in [0.717, 1.165) is 72.8 Å². The van der Waals surface area contributed by atoms with E-state index < -0.39 is 0 Å². The van der Waals surface area contributed by atoms with Gasteiger partial charge in [0.15, 0.2) is 0 Å². The van der Waals surface area contributed by atoms with Crippen LogP contribution in [0.3, 0.4) is 0 Å². The third-order valence-electron chi connectivity index (χ3n) is 10.6. The fourth-order valence-electron chi connectivity index (χ4n) is 7.40. The van der Waals surface area contributed by atoms with Gasteiger partial charge in [0, 0.05) is 49.3 Å². The summed E-state index contributed by atoms with van der Waals surface area (Å²) in [5, 5.41) is 14.5. The van der Waals surface area contributed by atoms with Crippen molar-refractivity contribution in [3.8, 4) is 22.7 Å². The quantitative estimate of drug-likeness (QED) is 0.175. The smallest absolute Gasteiger partial charge is 0.143 e. The minimum absolute atomic E-state index is 0. The molecule has 6 heteroatoms. The van der Waals surface area contributed by atoms with Crippen molar-refractivity contribution in [3.63, 3.8) is 0 Å². The number of rotatable bonds is 5. The van der Waals surface area contributed by atoms with E-state index in [-0.39, 0.29) is 48.5 Å². The van der Waals surface area contributed by atoms with E-state index in [1.165, 1.54) is 5.56 Å². The second kappa shape index (κ2) is 14.6. The van der Waals surface area contributed by atoms with Gasteiger partial charge in [0.1, 0.15) is 17.2 Å². The molecule has 4 aromatic carbocycles. The maximum Gasteiger partial charge on any atom is 0.143 e. The van der Waals surface area contributed by atoms with Gasteiger partial charge in [-0.2, -0.15) is 0 Å². The van der Waals surface area contributed by atoms with E-state index in [1.807, 2.05) is 42.6 Å². The van der Waals surface area contributed by atoms with Crippen molar-refractivity contribution in [2.45, 2.75) is 105 Å².